The molecule has 618 valence electrons. The number of carbonyl (C=O) groups excluding carboxylic acids is 3. The summed E-state index contributed by atoms with van der Waals surface area (Å²) in [7, 11) is 4.29. The first-order chi connectivity index (χ1) is 56.3. The fourth-order valence-corrected chi connectivity index (χ4v) is 18.7. The number of thiazole rings is 3. The molecule has 0 saturated carbocycles. The second-order valence-electron chi connectivity index (χ2n) is 31.3. The molecule has 0 aliphatic carbocycles. The van der Waals surface area contributed by atoms with Crippen LogP contribution in [0.25, 0.3) is 118 Å². The number of ether oxygens (including phenoxy) is 6. The monoisotopic (exact) mass is 1840 g/mol. The highest BCUT2D eigenvalue weighted by atomic mass is 79.9. The highest BCUT2D eigenvalue weighted by Gasteiger charge is 2.38. The van der Waals surface area contributed by atoms with Crippen molar-refractivity contribution in [2.75, 3.05) is 19.8 Å². The van der Waals surface area contributed by atoms with Crippen molar-refractivity contribution in [2.24, 2.45) is 21.1 Å². The summed E-state index contributed by atoms with van der Waals surface area (Å²) in [5, 5.41) is 37.4. The number of aromatic nitrogens is 9. The molecule has 0 aliphatic heterocycles. The predicted octanol–water partition coefficient (Wildman–Crippen LogP) is 22.9. The molecule has 0 radical (unpaired) electrons. The van der Waals surface area contributed by atoms with Crippen molar-refractivity contribution in [3.63, 3.8) is 0 Å². The van der Waals surface area contributed by atoms with E-state index in [1.54, 1.807) is 66.5 Å². The third-order valence-corrected chi connectivity index (χ3v) is 24.1. The zero-order valence-corrected chi connectivity index (χ0v) is 77.0. The lowest BCUT2D eigenvalue weighted by Gasteiger charge is -2.29. The average molecular weight is 1850 g/mol. The molecule has 29 heteroatoms. The molecule has 0 saturated heterocycles. The second kappa shape index (κ2) is 37.3. The molecule has 6 aromatic heterocycles. The van der Waals surface area contributed by atoms with Crippen molar-refractivity contribution in [3.05, 3.63) is 215 Å². The van der Waals surface area contributed by atoms with Crippen molar-refractivity contribution >= 4 is 195 Å². The van der Waals surface area contributed by atoms with E-state index in [4.69, 9.17) is 83.2 Å². The van der Waals surface area contributed by atoms with Crippen LogP contribution in [0.3, 0.4) is 0 Å². The third kappa shape index (κ3) is 20.7. The van der Waals surface area contributed by atoms with Gasteiger partial charge in [0.1, 0.15) is 14.6 Å². The topological polar surface area (TPSA) is 239 Å². The number of halogens is 5. The summed E-state index contributed by atoms with van der Waals surface area (Å²) < 4.78 is 45.3. The maximum absolute atomic E-state index is 13.3. The molecular formula is C90H91BBr2Cl3N9O11S3. The molecule has 0 unspecified atom stereocenters. The Hall–Kier alpha value is -8.84. The van der Waals surface area contributed by atoms with E-state index < -0.39 is 60.1 Å². The summed E-state index contributed by atoms with van der Waals surface area (Å²) >= 11 is 30.4. The minimum absolute atomic E-state index is 0.261. The Morgan fingerprint density at radius 2 is 0.782 bits per heavy atom. The highest BCUT2D eigenvalue weighted by Crippen LogP contribution is 2.49. The molecule has 15 aromatic rings. The van der Waals surface area contributed by atoms with Gasteiger partial charge in [-0.25, -0.2) is 29.3 Å². The summed E-state index contributed by atoms with van der Waals surface area (Å²) in [4.78, 5) is 54.3. The Morgan fingerprint density at radius 3 is 1.15 bits per heavy atom. The van der Waals surface area contributed by atoms with Gasteiger partial charge in [0.25, 0.3) is 0 Å². The molecule has 0 spiro atoms. The first kappa shape index (κ1) is 89.4. The summed E-state index contributed by atoms with van der Waals surface area (Å²) in [6.45, 7) is 29.6. The zero-order valence-electron chi connectivity index (χ0n) is 69.1. The Morgan fingerprint density at radius 1 is 0.445 bits per heavy atom. The van der Waals surface area contributed by atoms with Crippen LogP contribution in [-0.2, 0) is 63.9 Å². The van der Waals surface area contributed by atoms with Crippen LogP contribution >= 0.6 is 101 Å². The summed E-state index contributed by atoms with van der Waals surface area (Å²) in [6.07, 6.45) is 0.893. The Labute approximate surface area is 735 Å². The Bertz CT molecular complexity index is 6270. The van der Waals surface area contributed by atoms with Gasteiger partial charge in [-0.2, -0.15) is 15.3 Å². The molecule has 0 fully saturated rings. The van der Waals surface area contributed by atoms with Crippen molar-refractivity contribution in [1.82, 2.24) is 44.3 Å². The van der Waals surface area contributed by atoms with Gasteiger partial charge in [-0.15, -0.1) is 34.0 Å². The molecule has 119 heavy (non-hydrogen) atoms. The van der Waals surface area contributed by atoms with Gasteiger partial charge in [-0.05, 0) is 272 Å². The van der Waals surface area contributed by atoms with E-state index in [1.165, 1.54) is 11.3 Å². The lowest BCUT2D eigenvalue weighted by molar-refractivity contribution is -0.167. The van der Waals surface area contributed by atoms with Crippen LogP contribution < -0.4 is 5.46 Å². The first-order valence-corrected chi connectivity index (χ1v) is 43.6. The number of aryl methyl sites for hydroxylation is 6. The molecule has 15 rings (SSSR count). The molecule has 0 amide bonds. The molecule has 6 heterocycles. The van der Waals surface area contributed by atoms with Crippen LogP contribution in [0.5, 0.6) is 0 Å². The minimum atomic E-state index is -1.41. The van der Waals surface area contributed by atoms with Gasteiger partial charge >= 0.3 is 25.0 Å². The summed E-state index contributed by atoms with van der Waals surface area (Å²) in [6, 6.07) is 46.6. The van der Waals surface area contributed by atoms with Crippen molar-refractivity contribution in [2.45, 2.75) is 139 Å². The van der Waals surface area contributed by atoms with Gasteiger partial charge in [-0.1, -0.05) is 83.3 Å². The minimum Gasteiger partial charge on any atom is -0.464 e. The number of hydrogen-bond donors (Lipinski definition) is 2. The van der Waals surface area contributed by atoms with E-state index in [-0.39, 0.29) is 19.8 Å². The molecule has 0 bridgehead atoms. The van der Waals surface area contributed by atoms with Gasteiger partial charge in [0.2, 0.25) is 0 Å². The maximum Gasteiger partial charge on any atom is 0.488 e. The second-order valence-corrected chi connectivity index (χ2v) is 37.6. The summed E-state index contributed by atoms with van der Waals surface area (Å²) in [5.41, 5.74) is 17.1. The quantitative estimate of drug-likeness (QED) is 0.0461. The SMILES string of the molecule is CCOC(=O)[C@@H](OC(C)(C)C)c1c(C)cc2nc(-c3ccc4c(c3)c(Br)nn4C)sc2c1-c1ccc(Cl)cc1.CCOC(=O)[C@@H](OC(C)(C)C)c1c(C)cc2nc(-c3ccc4c(cnn4C)c3)sc2c1-c1ccc(Cl)cc1.CCOC(=O)[C@@H](OC(C)(C)C)c1c(C)cc2nc(Br)sc2c1-c1ccc(Cl)cc1.Cn1ncc2cc(B(O)O)ccc21. The van der Waals surface area contributed by atoms with E-state index in [1.807, 2.05) is 217 Å². The Balaban J connectivity index is 0.000000153. The van der Waals surface area contributed by atoms with Crippen LogP contribution in [0.2, 0.25) is 15.1 Å². The van der Waals surface area contributed by atoms with Gasteiger partial charge < -0.3 is 38.5 Å². The van der Waals surface area contributed by atoms with Crippen molar-refractivity contribution in [1.29, 1.82) is 0 Å². The number of benzene rings is 9. The molecule has 0 aliphatic rings. The lowest BCUT2D eigenvalue weighted by Crippen LogP contribution is -2.29. The number of hydrogen-bond acceptors (Lipinski definition) is 20. The van der Waals surface area contributed by atoms with Crippen LogP contribution in [0, 0.1) is 20.8 Å². The largest absolute Gasteiger partial charge is 0.488 e. The van der Waals surface area contributed by atoms with E-state index in [0.717, 1.165) is 160 Å². The number of esters is 3. The fourth-order valence-electron chi connectivity index (χ4n) is 14.0. The smallest absolute Gasteiger partial charge is 0.464 e. The molecule has 3 atom stereocenters. The number of rotatable bonds is 18. The van der Waals surface area contributed by atoms with E-state index in [9.17, 15) is 14.4 Å². The van der Waals surface area contributed by atoms with E-state index in [0.29, 0.717) is 20.5 Å². The normalized spacial score (nSPS) is 12.6. The van der Waals surface area contributed by atoms with Crippen molar-refractivity contribution in [3.8, 4) is 54.5 Å². The Kier molecular flexibility index (Phi) is 28.0. The van der Waals surface area contributed by atoms with E-state index in [2.05, 4.69) is 88.5 Å². The summed E-state index contributed by atoms with van der Waals surface area (Å²) in [5.74, 6) is -1.22. The standard InChI is InChI=1S/C30H29BrClN3O3S.C30H30ClN3O3S.C22H23BrClNO3S.C8H9BN2O2/c1-7-37-29(36)25(38-30(3,4)5)23-16(2)14-21-26(24(23)17-8-11-19(32)12-9-17)39-28(33-21)18-10-13-22-20(15-18)27(31)34-35(22)6;1-7-36-29(35)26(37-30(3,4)5)24-17(2)14-22-27(25(24)18-8-11-21(31)12-9-18)38-28(33-22)19-10-13-23-20(15-19)16-32-34(23)6;1-6-27-20(26)18(28-22(3,4)5)16-12(2)11-15-19(29-21(23)25-15)17(16)13-7-9-14(24)10-8-13;1-11-8-3-2-7(9(12)13)4-6(8)5-10-11/h8-15,25H,7H2,1-6H3;8-16,26H,7H2,1-6H3;7-11,18H,6H2,1-5H3;2-5,12-13H,1H3/t25-;26-;18-;/m000./s1. The first-order valence-electron chi connectivity index (χ1n) is 38.4. The van der Waals surface area contributed by atoms with Crippen LogP contribution in [0.4, 0.5) is 0 Å². The van der Waals surface area contributed by atoms with Crippen molar-refractivity contribution < 1.29 is 52.9 Å². The zero-order chi connectivity index (χ0) is 86.0. The van der Waals surface area contributed by atoms with Gasteiger partial charge in [0.05, 0.1) is 96.2 Å². The van der Waals surface area contributed by atoms with Gasteiger partial charge in [0.15, 0.2) is 22.2 Å². The van der Waals surface area contributed by atoms with E-state index >= 15 is 0 Å². The number of carbonyl (C=O) groups is 3. The maximum atomic E-state index is 13.3. The fraction of sp³-hybridized carbons (Fsp3) is 0.300. The number of nitrogens with zero attached hydrogens (tertiary/aromatic N) is 9. The van der Waals surface area contributed by atoms with Gasteiger partial charge in [-0.3, -0.25) is 14.0 Å². The average Bonchev–Trinajstić information content (AvgIpc) is 1.59. The predicted molar refractivity (Wildman–Crippen MR) is 490 cm³/mol. The molecule has 2 N–H and O–H groups in total. The molecular weight excluding hydrogens is 1760 g/mol. The third-order valence-electron chi connectivity index (χ3n) is 19.0. The number of fused-ring (bicyclic) bond motifs is 6. The lowest BCUT2D eigenvalue weighted by atomic mass is 9.80. The van der Waals surface area contributed by atoms with Gasteiger partial charge in [0, 0.05) is 96.9 Å². The molecule has 20 nitrogen and oxygen atoms in total. The van der Waals surface area contributed by atoms with Crippen LogP contribution in [0.1, 0.15) is 135 Å². The molecule has 9 aromatic carbocycles. The van der Waals surface area contributed by atoms with Crippen LogP contribution in [0.15, 0.2) is 167 Å². The highest BCUT2D eigenvalue weighted by molar-refractivity contribution is 9.11. The van der Waals surface area contributed by atoms with Crippen LogP contribution in [-0.4, -0.2) is 116 Å².